The molecule has 1 aliphatic heterocycles. The number of carbonyl (C=O) groups excluding carboxylic acids is 2. The Kier molecular flexibility index (Phi) is 6.08. The molecule has 1 amide bonds. The number of hydrogen-bond acceptors (Lipinski definition) is 4. The van der Waals surface area contributed by atoms with Gasteiger partial charge in [0.05, 0.1) is 5.97 Å². The zero-order chi connectivity index (χ0) is 19.6. The number of ether oxygens (including phenoxy) is 1. The predicted molar refractivity (Wildman–Crippen MR) is 102 cm³/mol. The number of nitrogens with zero attached hydrogens (tertiary/aromatic N) is 1. The van der Waals surface area contributed by atoms with E-state index in [1.54, 1.807) is 0 Å². The number of carboxylic acids is 1. The van der Waals surface area contributed by atoms with E-state index in [1.165, 1.54) is 17.5 Å². The largest absolute Gasteiger partial charge is 0.546 e. The van der Waals surface area contributed by atoms with E-state index < -0.39 is 12.6 Å². The van der Waals surface area contributed by atoms with Gasteiger partial charge in [-0.05, 0) is 86.6 Å². The van der Waals surface area contributed by atoms with Crippen LogP contribution in [0.2, 0.25) is 0 Å². The first-order valence-electron chi connectivity index (χ1n) is 10.1. The van der Waals surface area contributed by atoms with Crippen LogP contribution in [0.3, 0.4) is 0 Å². The lowest BCUT2D eigenvalue weighted by atomic mass is 9.74. The van der Waals surface area contributed by atoms with Gasteiger partial charge in [-0.25, -0.2) is 0 Å². The fourth-order valence-corrected chi connectivity index (χ4v) is 4.64. The number of likely N-dealkylation sites (tertiary alicyclic amines) is 1. The minimum Gasteiger partial charge on any atom is -0.546 e. The summed E-state index contributed by atoms with van der Waals surface area (Å²) >= 11 is 0. The summed E-state index contributed by atoms with van der Waals surface area (Å²) < 4.78 is 5.45. The van der Waals surface area contributed by atoms with E-state index in [0.29, 0.717) is 17.6 Å². The van der Waals surface area contributed by atoms with Crippen LogP contribution in [0.4, 0.5) is 0 Å². The van der Waals surface area contributed by atoms with Crippen LogP contribution in [0.25, 0.3) is 0 Å². The van der Waals surface area contributed by atoms with Crippen molar-refractivity contribution in [3.05, 3.63) is 28.3 Å². The number of carboxylic acid groups (broad SMARTS) is 1. The van der Waals surface area contributed by atoms with E-state index in [1.807, 2.05) is 24.8 Å². The van der Waals surface area contributed by atoms with Crippen molar-refractivity contribution >= 4 is 11.9 Å². The maximum absolute atomic E-state index is 12.9. The monoisotopic (exact) mass is 372 g/mol. The van der Waals surface area contributed by atoms with Gasteiger partial charge in [-0.15, -0.1) is 0 Å². The summed E-state index contributed by atoms with van der Waals surface area (Å²) in [6.07, 6.45) is 6.29. The molecule has 1 saturated heterocycles. The molecule has 0 N–H and O–H groups in total. The lowest BCUT2D eigenvalue weighted by Gasteiger charge is -2.35. The molecule has 1 aromatic rings. The highest BCUT2D eigenvalue weighted by Gasteiger charge is 2.32. The van der Waals surface area contributed by atoms with E-state index in [4.69, 9.17) is 4.74 Å². The maximum atomic E-state index is 12.9. The van der Waals surface area contributed by atoms with Crippen molar-refractivity contribution in [2.45, 2.75) is 59.3 Å². The average Bonchev–Trinajstić information content (AvgIpc) is 2.68. The Bertz CT molecular complexity index is 722. The average molecular weight is 372 g/mol. The van der Waals surface area contributed by atoms with Gasteiger partial charge >= 0.3 is 0 Å². The lowest BCUT2D eigenvalue weighted by Crippen LogP contribution is -2.42. The zero-order valence-corrected chi connectivity index (χ0v) is 16.7. The Morgan fingerprint density at radius 3 is 2.59 bits per heavy atom. The molecule has 1 aromatic carbocycles. The second-order valence-corrected chi connectivity index (χ2v) is 8.11. The summed E-state index contributed by atoms with van der Waals surface area (Å²) in [5, 5.41) is 10.7. The molecule has 2 atom stereocenters. The Morgan fingerprint density at radius 1 is 1.22 bits per heavy atom. The summed E-state index contributed by atoms with van der Waals surface area (Å²) in [6.45, 7) is 7.46. The number of hydrogen-bond donors (Lipinski definition) is 0. The molecule has 5 nitrogen and oxygen atoms in total. The molecule has 0 saturated carbocycles. The third-order valence-corrected chi connectivity index (χ3v) is 6.35. The fraction of sp³-hybridized carbons (Fsp3) is 0.636. The van der Waals surface area contributed by atoms with E-state index >= 15 is 0 Å². The molecule has 0 spiro atoms. The molecule has 0 radical (unpaired) electrons. The number of fused-ring (bicyclic) bond motifs is 1. The van der Waals surface area contributed by atoms with Crippen LogP contribution in [-0.4, -0.2) is 36.5 Å². The van der Waals surface area contributed by atoms with Crippen molar-refractivity contribution in [2.75, 3.05) is 19.7 Å². The van der Waals surface area contributed by atoms with Crippen molar-refractivity contribution in [3.63, 3.8) is 0 Å². The highest BCUT2D eigenvalue weighted by atomic mass is 16.5. The topological polar surface area (TPSA) is 69.7 Å². The number of benzene rings is 1. The highest BCUT2D eigenvalue weighted by Crippen LogP contribution is 2.38. The van der Waals surface area contributed by atoms with E-state index in [9.17, 15) is 14.7 Å². The van der Waals surface area contributed by atoms with Crippen LogP contribution in [0.1, 0.15) is 54.9 Å². The molecular formula is C22H30NO4-. The molecule has 1 aliphatic carbocycles. The van der Waals surface area contributed by atoms with E-state index in [-0.39, 0.29) is 5.92 Å². The van der Waals surface area contributed by atoms with Crippen LogP contribution >= 0.6 is 0 Å². The summed E-state index contributed by atoms with van der Waals surface area (Å²) in [6, 6.07) is 1.93. The van der Waals surface area contributed by atoms with Gasteiger partial charge in [0.2, 0.25) is 5.91 Å². The number of rotatable bonds is 5. The van der Waals surface area contributed by atoms with Crippen LogP contribution in [0.15, 0.2) is 6.07 Å². The van der Waals surface area contributed by atoms with Gasteiger partial charge in [0.15, 0.2) is 0 Å². The van der Waals surface area contributed by atoms with Gasteiger partial charge in [0, 0.05) is 19.0 Å². The maximum Gasteiger partial charge on any atom is 0.225 e. The van der Waals surface area contributed by atoms with Crippen LogP contribution in [0.5, 0.6) is 5.75 Å². The third-order valence-electron chi connectivity index (χ3n) is 6.35. The number of carbonyl (C=O) groups is 2. The van der Waals surface area contributed by atoms with Gasteiger partial charge in [0.25, 0.3) is 0 Å². The van der Waals surface area contributed by atoms with Crippen molar-refractivity contribution < 1.29 is 19.4 Å². The smallest absolute Gasteiger partial charge is 0.225 e. The first kappa shape index (κ1) is 19.7. The Balaban J connectivity index is 1.77. The standard InChI is InChI=1S/C22H31NO4/c1-14-11-20(27-13-21(24)25)16(3)19-12-17(7-8-18(14)19)15(2)22(26)23-9-5-4-6-10-23/h11,15,17H,4-10,12-13H2,1-3H3,(H,24,25)/p-1/t15-,17+/m0/s1. The molecule has 148 valence electrons. The van der Waals surface area contributed by atoms with Crippen molar-refractivity contribution in [1.29, 1.82) is 0 Å². The second kappa shape index (κ2) is 8.32. The molecule has 27 heavy (non-hydrogen) atoms. The highest BCUT2D eigenvalue weighted by molar-refractivity contribution is 5.79. The summed E-state index contributed by atoms with van der Waals surface area (Å²) in [7, 11) is 0. The quantitative estimate of drug-likeness (QED) is 0.794. The van der Waals surface area contributed by atoms with Gasteiger partial charge in [-0.1, -0.05) is 6.92 Å². The zero-order valence-electron chi connectivity index (χ0n) is 16.7. The Morgan fingerprint density at radius 2 is 1.93 bits per heavy atom. The van der Waals surface area contributed by atoms with Gasteiger partial charge in [-0.3, -0.25) is 4.79 Å². The van der Waals surface area contributed by atoms with Crippen LogP contribution < -0.4 is 9.84 Å². The second-order valence-electron chi connectivity index (χ2n) is 8.11. The molecule has 3 rings (SSSR count). The number of aryl methyl sites for hydroxylation is 1. The molecule has 0 bridgehead atoms. The van der Waals surface area contributed by atoms with Crippen LogP contribution in [-0.2, 0) is 22.4 Å². The SMILES string of the molecule is Cc1cc(OCC(=O)[O-])c(C)c2c1CC[C@@H]([C@H](C)C(=O)N1CCCCC1)C2. The Labute approximate surface area is 161 Å². The van der Waals surface area contributed by atoms with Gasteiger partial charge in [-0.2, -0.15) is 0 Å². The molecule has 1 heterocycles. The third kappa shape index (κ3) is 4.28. The van der Waals surface area contributed by atoms with E-state index in [2.05, 4.69) is 6.92 Å². The van der Waals surface area contributed by atoms with Crippen molar-refractivity contribution in [3.8, 4) is 5.75 Å². The minimum absolute atomic E-state index is 0.0174. The fourth-order valence-electron chi connectivity index (χ4n) is 4.64. The first-order chi connectivity index (χ1) is 12.9. The molecular weight excluding hydrogens is 342 g/mol. The molecule has 2 aliphatic rings. The first-order valence-corrected chi connectivity index (χ1v) is 10.1. The molecule has 1 fully saturated rings. The minimum atomic E-state index is -1.22. The normalized spacial score (nSPS) is 20.7. The summed E-state index contributed by atoms with van der Waals surface area (Å²) in [4.78, 5) is 25.7. The van der Waals surface area contributed by atoms with Crippen molar-refractivity contribution in [1.82, 2.24) is 4.90 Å². The predicted octanol–water partition coefficient (Wildman–Crippen LogP) is 2.19. The molecule has 0 unspecified atom stereocenters. The lowest BCUT2D eigenvalue weighted by molar-refractivity contribution is -0.307. The van der Waals surface area contributed by atoms with Gasteiger partial charge < -0.3 is 19.5 Å². The molecule has 0 aromatic heterocycles. The summed E-state index contributed by atoms with van der Waals surface area (Å²) in [5.74, 6) is 0.0292. The van der Waals surface area contributed by atoms with Crippen LogP contribution in [0, 0.1) is 25.7 Å². The summed E-state index contributed by atoms with van der Waals surface area (Å²) in [5.41, 5.74) is 4.71. The number of amides is 1. The van der Waals surface area contributed by atoms with Gasteiger partial charge in [0.1, 0.15) is 12.4 Å². The number of aliphatic carboxylic acids is 1. The van der Waals surface area contributed by atoms with Crippen molar-refractivity contribution in [2.24, 2.45) is 11.8 Å². The molecule has 5 heteroatoms. The number of piperidine rings is 1. The Hall–Kier alpha value is -2.04. The van der Waals surface area contributed by atoms with E-state index in [0.717, 1.165) is 56.3 Å².